The lowest BCUT2D eigenvalue weighted by Gasteiger charge is -2.31. The summed E-state index contributed by atoms with van der Waals surface area (Å²) < 4.78 is 0. The van der Waals surface area contributed by atoms with E-state index in [-0.39, 0.29) is 30.2 Å². The molecule has 1 atom stereocenters. The lowest BCUT2D eigenvalue weighted by Crippen LogP contribution is -2.54. The summed E-state index contributed by atoms with van der Waals surface area (Å²) in [6, 6.07) is -0.736. The van der Waals surface area contributed by atoms with E-state index < -0.39 is 11.5 Å². The van der Waals surface area contributed by atoms with Crippen LogP contribution in [-0.4, -0.2) is 35.2 Å². The van der Waals surface area contributed by atoms with Crippen LogP contribution in [0.3, 0.4) is 0 Å². The Bertz CT molecular complexity index is 433. The van der Waals surface area contributed by atoms with Crippen molar-refractivity contribution in [2.75, 3.05) is 6.54 Å². The molecule has 0 saturated heterocycles. The SMILES string of the molecule is C=C(C)C(=O)NC(C(=O)N(CC)C(=O)C(C)(C)C)C(C)C. The molecule has 0 aliphatic rings. The highest BCUT2D eigenvalue weighted by Crippen LogP contribution is 2.19. The summed E-state index contributed by atoms with van der Waals surface area (Å²) in [7, 11) is 0. The highest BCUT2D eigenvalue weighted by Gasteiger charge is 2.35. The van der Waals surface area contributed by atoms with Gasteiger partial charge in [0, 0.05) is 17.5 Å². The van der Waals surface area contributed by atoms with Gasteiger partial charge in [-0.15, -0.1) is 0 Å². The maximum atomic E-state index is 12.6. The Labute approximate surface area is 127 Å². The first-order valence-corrected chi connectivity index (χ1v) is 7.25. The molecule has 21 heavy (non-hydrogen) atoms. The molecule has 0 spiro atoms. The van der Waals surface area contributed by atoms with E-state index in [0.29, 0.717) is 5.57 Å². The molecule has 1 N–H and O–H groups in total. The monoisotopic (exact) mass is 296 g/mol. The van der Waals surface area contributed by atoms with E-state index in [4.69, 9.17) is 0 Å². The topological polar surface area (TPSA) is 66.5 Å². The largest absolute Gasteiger partial charge is 0.340 e. The minimum absolute atomic E-state index is 0.123. The molecule has 1 unspecified atom stereocenters. The second-order valence-corrected chi connectivity index (χ2v) is 6.61. The lowest BCUT2D eigenvalue weighted by molar-refractivity contribution is -0.152. The third-order valence-corrected chi connectivity index (χ3v) is 3.08. The van der Waals surface area contributed by atoms with E-state index in [9.17, 15) is 14.4 Å². The molecule has 5 heteroatoms. The van der Waals surface area contributed by atoms with Crippen LogP contribution in [0.1, 0.15) is 48.5 Å². The zero-order chi connectivity index (χ0) is 17.0. The molecule has 3 amide bonds. The first-order chi connectivity index (χ1) is 9.43. The van der Waals surface area contributed by atoms with E-state index in [1.54, 1.807) is 34.6 Å². The van der Waals surface area contributed by atoms with Crippen molar-refractivity contribution < 1.29 is 14.4 Å². The summed E-state index contributed by atoms with van der Waals surface area (Å²) in [6.07, 6.45) is 0. The first kappa shape index (κ1) is 19.4. The molecule has 0 aromatic carbocycles. The van der Waals surface area contributed by atoms with Gasteiger partial charge in [-0.3, -0.25) is 19.3 Å². The van der Waals surface area contributed by atoms with Gasteiger partial charge in [-0.05, 0) is 19.8 Å². The van der Waals surface area contributed by atoms with Crippen LogP contribution in [0.25, 0.3) is 0 Å². The van der Waals surface area contributed by atoms with Gasteiger partial charge < -0.3 is 5.32 Å². The van der Waals surface area contributed by atoms with Gasteiger partial charge >= 0.3 is 0 Å². The lowest BCUT2D eigenvalue weighted by atomic mass is 9.93. The van der Waals surface area contributed by atoms with E-state index in [2.05, 4.69) is 11.9 Å². The first-order valence-electron chi connectivity index (χ1n) is 7.25. The Hall–Kier alpha value is -1.65. The fourth-order valence-electron chi connectivity index (χ4n) is 1.75. The van der Waals surface area contributed by atoms with Crippen molar-refractivity contribution in [1.29, 1.82) is 0 Å². The maximum absolute atomic E-state index is 12.6. The van der Waals surface area contributed by atoms with Crippen LogP contribution in [0.5, 0.6) is 0 Å². The smallest absolute Gasteiger partial charge is 0.252 e. The number of rotatable bonds is 5. The molecule has 0 aliphatic heterocycles. The number of nitrogens with one attached hydrogen (secondary N) is 1. The predicted molar refractivity (Wildman–Crippen MR) is 83.4 cm³/mol. The van der Waals surface area contributed by atoms with Crippen molar-refractivity contribution in [3.63, 3.8) is 0 Å². The minimum Gasteiger partial charge on any atom is -0.340 e. The van der Waals surface area contributed by atoms with Crippen molar-refractivity contribution in [2.45, 2.75) is 54.5 Å². The highest BCUT2D eigenvalue weighted by molar-refractivity contribution is 6.02. The summed E-state index contributed by atoms with van der Waals surface area (Å²) in [5, 5.41) is 2.65. The van der Waals surface area contributed by atoms with Gasteiger partial charge in [0.25, 0.3) is 5.91 Å². The van der Waals surface area contributed by atoms with E-state index in [1.165, 1.54) is 4.90 Å². The third-order valence-electron chi connectivity index (χ3n) is 3.08. The summed E-state index contributed by atoms with van der Waals surface area (Å²) in [5.74, 6) is -1.11. The van der Waals surface area contributed by atoms with Gasteiger partial charge in [-0.1, -0.05) is 41.2 Å². The van der Waals surface area contributed by atoms with Crippen LogP contribution < -0.4 is 5.32 Å². The molecule has 0 aromatic rings. The fraction of sp³-hybridized carbons (Fsp3) is 0.688. The predicted octanol–water partition coefficient (Wildman–Crippen LogP) is 2.12. The molecular weight excluding hydrogens is 268 g/mol. The van der Waals surface area contributed by atoms with Crippen molar-refractivity contribution in [3.05, 3.63) is 12.2 Å². The molecule has 5 nitrogen and oxygen atoms in total. The molecule has 0 heterocycles. The zero-order valence-electron chi connectivity index (χ0n) is 14.2. The number of carbonyl (C=O) groups is 3. The average molecular weight is 296 g/mol. The standard InChI is InChI=1S/C16H28N2O3/c1-9-18(15(21)16(6,7)8)14(20)12(10(2)3)17-13(19)11(4)5/h10,12H,4,9H2,1-3,5-8H3,(H,17,19). The van der Waals surface area contributed by atoms with Gasteiger partial charge in [0.2, 0.25) is 11.8 Å². The molecule has 0 aliphatic carbocycles. The zero-order valence-corrected chi connectivity index (χ0v) is 14.2. The van der Waals surface area contributed by atoms with E-state index in [0.717, 1.165) is 0 Å². The second kappa shape index (κ2) is 7.38. The molecule has 120 valence electrons. The van der Waals surface area contributed by atoms with Gasteiger partial charge in [0.05, 0.1) is 0 Å². The second-order valence-electron chi connectivity index (χ2n) is 6.61. The Kier molecular flexibility index (Phi) is 6.80. The van der Waals surface area contributed by atoms with E-state index >= 15 is 0 Å². The van der Waals surface area contributed by atoms with Gasteiger partial charge in [-0.25, -0.2) is 0 Å². The molecule has 0 fully saturated rings. The van der Waals surface area contributed by atoms with Crippen molar-refractivity contribution in [1.82, 2.24) is 10.2 Å². The number of imide groups is 1. The minimum atomic E-state index is -0.736. The summed E-state index contributed by atoms with van der Waals surface area (Å²) >= 11 is 0. The maximum Gasteiger partial charge on any atom is 0.252 e. The number of carbonyl (C=O) groups excluding carboxylic acids is 3. The van der Waals surface area contributed by atoms with E-state index in [1.807, 2.05) is 13.8 Å². The van der Waals surface area contributed by atoms with Crippen LogP contribution in [0.15, 0.2) is 12.2 Å². The van der Waals surface area contributed by atoms with Crippen molar-refractivity contribution in [3.8, 4) is 0 Å². The van der Waals surface area contributed by atoms with Gasteiger partial charge in [0.15, 0.2) is 0 Å². The molecule has 0 radical (unpaired) electrons. The number of likely N-dealkylation sites (N-methyl/N-ethyl adjacent to an activating group) is 1. The van der Waals surface area contributed by atoms with Gasteiger partial charge in [0.1, 0.15) is 6.04 Å². The summed E-state index contributed by atoms with van der Waals surface area (Å²) in [6.45, 7) is 16.1. The Morgan fingerprint density at radius 2 is 1.67 bits per heavy atom. The van der Waals surface area contributed by atoms with Crippen LogP contribution in [0.4, 0.5) is 0 Å². The number of nitrogens with zero attached hydrogens (tertiary/aromatic N) is 1. The highest BCUT2D eigenvalue weighted by atomic mass is 16.2. The molecule has 0 aromatic heterocycles. The van der Waals surface area contributed by atoms with Crippen LogP contribution >= 0.6 is 0 Å². The average Bonchev–Trinajstić information content (AvgIpc) is 2.34. The Balaban J connectivity index is 5.32. The quantitative estimate of drug-likeness (QED) is 0.790. The van der Waals surface area contributed by atoms with Crippen LogP contribution in [0.2, 0.25) is 0 Å². The molecule has 0 rings (SSSR count). The normalized spacial score (nSPS) is 12.8. The van der Waals surface area contributed by atoms with Crippen molar-refractivity contribution >= 4 is 17.7 Å². The molecule has 0 saturated carbocycles. The summed E-state index contributed by atoms with van der Waals surface area (Å²) in [4.78, 5) is 38.0. The number of amides is 3. The summed E-state index contributed by atoms with van der Waals surface area (Å²) in [5.41, 5.74) is -0.315. The van der Waals surface area contributed by atoms with Gasteiger partial charge in [-0.2, -0.15) is 0 Å². The van der Waals surface area contributed by atoms with Crippen molar-refractivity contribution in [2.24, 2.45) is 11.3 Å². The number of hydrogen-bond acceptors (Lipinski definition) is 3. The Morgan fingerprint density at radius 1 is 1.19 bits per heavy atom. The third kappa shape index (κ3) is 5.33. The number of hydrogen-bond donors (Lipinski definition) is 1. The van der Waals surface area contributed by atoms with Crippen LogP contribution in [0, 0.1) is 11.3 Å². The molecular formula is C16H28N2O3. The Morgan fingerprint density at radius 3 is 1.95 bits per heavy atom. The molecule has 0 bridgehead atoms. The fourth-order valence-corrected chi connectivity index (χ4v) is 1.75. The van der Waals surface area contributed by atoms with Crippen LogP contribution in [-0.2, 0) is 14.4 Å².